The lowest BCUT2D eigenvalue weighted by Crippen LogP contribution is -2.44. The van der Waals surface area contributed by atoms with Crippen LogP contribution >= 0.6 is 11.6 Å². The summed E-state index contributed by atoms with van der Waals surface area (Å²) in [5, 5.41) is 10.1. The summed E-state index contributed by atoms with van der Waals surface area (Å²) in [5.41, 5.74) is 3.04. The van der Waals surface area contributed by atoms with Gasteiger partial charge in [-0.1, -0.05) is 36.2 Å². The van der Waals surface area contributed by atoms with Gasteiger partial charge >= 0.3 is 13.1 Å². The van der Waals surface area contributed by atoms with E-state index in [-0.39, 0.29) is 0 Å². The van der Waals surface area contributed by atoms with Crippen LogP contribution in [0.3, 0.4) is 0 Å². The lowest BCUT2D eigenvalue weighted by Gasteiger charge is -2.33. The van der Waals surface area contributed by atoms with E-state index in [1.54, 1.807) is 13.2 Å². The molecule has 1 N–H and O–H groups in total. The van der Waals surface area contributed by atoms with Gasteiger partial charge in [0.2, 0.25) is 0 Å². The molecule has 1 atom stereocenters. The minimum Gasteiger partial charge on any atom is -0.496 e. The number of aliphatic carboxylic acids is 1. The lowest BCUT2D eigenvalue weighted by molar-refractivity contribution is -0.144. The zero-order chi connectivity index (χ0) is 27.0. The highest BCUT2D eigenvalue weighted by Crippen LogP contribution is 2.37. The zero-order valence-electron chi connectivity index (χ0n) is 22.6. The Hall–Kier alpha value is -2.26. The molecule has 200 valence electrons. The number of carboxylic acids is 1. The van der Waals surface area contributed by atoms with Crippen LogP contribution in [-0.2, 0) is 27.3 Å². The number of carbonyl (C=O) groups is 1. The number of rotatable bonds is 8. The molecule has 2 aromatic carbocycles. The monoisotopic (exact) mass is 529 g/mol. The van der Waals surface area contributed by atoms with Crippen molar-refractivity contribution in [1.29, 1.82) is 0 Å². The average molecular weight is 530 g/mol. The van der Waals surface area contributed by atoms with E-state index in [1.165, 1.54) is 0 Å². The van der Waals surface area contributed by atoms with E-state index in [9.17, 15) is 9.90 Å². The highest BCUT2D eigenvalue weighted by molar-refractivity contribution is 6.62. The van der Waals surface area contributed by atoms with Gasteiger partial charge in [0.05, 0.1) is 23.3 Å². The second-order valence-electron chi connectivity index (χ2n) is 10.9. The minimum absolute atomic E-state index is 0.314. The topological polar surface area (TPSA) is 77.5 Å². The van der Waals surface area contributed by atoms with Crippen molar-refractivity contribution in [3.05, 3.63) is 52.0 Å². The van der Waals surface area contributed by atoms with Crippen molar-refractivity contribution in [1.82, 2.24) is 4.90 Å². The highest BCUT2D eigenvalue weighted by Gasteiger charge is 2.52. The Morgan fingerprint density at radius 1 is 1.14 bits per heavy atom. The summed E-state index contributed by atoms with van der Waals surface area (Å²) in [6.45, 7) is 11.7. The first kappa shape index (κ1) is 27.8. The van der Waals surface area contributed by atoms with Crippen LogP contribution in [0.1, 0.15) is 63.6 Å². The Bertz CT molecular complexity index is 1140. The molecule has 0 amide bonds. The smallest absolute Gasteiger partial charge is 0.495 e. The summed E-state index contributed by atoms with van der Waals surface area (Å²) in [6.07, 6.45) is 2.55. The maximum atomic E-state index is 11.7. The van der Waals surface area contributed by atoms with Crippen LogP contribution < -0.4 is 14.9 Å². The van der Waals surface area contributed by atoms with Crippen LogP contribution in [0.5, 0.6) is 11.5 Å². The second-order valence-corrected chi connectivity index (χ2v) is 11.3. The van der Waals surface area contributed by atoms with Crippen molar-refractivity contribution < 1.29 is 28.7 Å². The van der Waals surface area contributed by atoms with E-state index in [0.29, 0.717) is 36.1 Å². The normalized spacial score (nSPS) is 21.2. The molecule has 2 heterocycles. The summed E-state index contributed by atoms with van der Waals surface area (Å²) < 4.78 is 24.3. The minimum atomic E-state index is -0.789. The standard InChI is InChI=1S/C28H37BClNO6/c1-18-19(10-9-11-21(18)29-36-27(2,3)28(4,5)37-29)17-35-25-15-24(34-6)20(14-22(25)30)16-31-13-8-7-12-23(31)26(32)33/h9-11,14-15,23H,7-8,12-13,16-17H2,1-6H3,(H,32,33). The Morgan fingerprint density at radius 3 is 2.49 bits per heavy atom. The van der Waals surface area contributed by atoms with E-state index in [4.69, 9.17) is 30.4 Å². The Morgan fingerprint density at radius 2 is 1.84 bits per heavy atom. The van der Waals surface area contributed by atoms with Crippen LogP contribution in [0.25, 0.3) is 0 Å². The van der Waals surface area contributed by atoms with Crippen LogP contribution in [0.15, 0.2) is 30.3 Å². The summed E-state index contributed by atoms with van der Waals surface area (Å²) in [4.78, 5) is 13.7. The molecule has 0 aromatic heterocycles. The van der Waals surface area contributed by atoms with Gasteiger partial charge in [-0.15, -0.1) is 0 Å². The van der Waals surface area contributed by atoms with Gasteiger partial charge in [-0.05, 0) is 76.7 Å². The molecule has 2 aliphatic rings. The third-order valence-corrected chi connectivity index (χ3v) is 8.28. The van der Waals surface area contributed by atoms with Crippen molar-refractivity contribution in [3.8, 4) is 11.5 Å². The number of halogens is 1. The summed E-state index contributed by atoms with van der Waals surface area (Å²) in [7, 11) is 1.15. The van der Waals surface area contributed by atoms with Gasteiger partial charge in [0.25, 0.3) is 0 Å². The largest absolute Gasteiger partial charge is 0.496 e. The van der Waals surface area contributed by atoms with Gasteiger partial charge in [0, 0.05) is 18.2 Å². The number of nitrogens with zero attached hydrogens (tertiary/aromatic N) is 1. The molecular formula is C28H37BClNO6. The molecule has 7 nitrogen and oxygen atoms in total. The number of carboxylic acid groups (broad SMARTS) is 1. The van der Waals surface area contributed by atoms with Gasteiger partial charge in [-0.25, -0.2) is 0 Å². The molecule has 0 bridgehead atoms. The quantitative estimate of drug-likeness (QED) is 0.484. The fourth-order valence-corrected chi connectivity index (χ4v) is 5.16. The number of ether oxygens (including phenoxy) is 2. The molecule has 2 aliphatic heterocycles. The van der Waals surface area contributed by atoms with Gasteiger partial charge in [-0.2, -0.15) is 0 Å². The molecule has 0 spiro atoms. The SMILES string of the molecule is COc1cc(OCc2cccc(B3OC(C)(C)C(C)(C)O3)c2C)c(Cl)cc1CN1CCCCC1C(=O)O. The Kier molecular flexibility index (Phi) is 8.14. The van der Waals surface area contributed by atoms with Crippen molar-refractivity contribution >= 4 is 30.2 Å². The maximum Gasteiger partial charge on any atom is 0.495 e. The molecule has 2 saturated heterocycles. The van der Waals surface area contributed by atoms with Crippen molar-refractivity contribution in [2.45, 2.75) is 84.3 Å². The first-order chi connectivity index (χ1) is 17.4. The molecule has 2 fully saturated rings. The molecule has 2 aromatic rings. The molecule has 0 saturated carbocycles. The predicted molar refractivity (Wildman–Crippen MR) is 145 cm³/mol. The van der Waals surface area contributed by atoms with Gasteiger partial charge in [0.1, 0.15) is 24.1 Å². The summed E-state index contributed by atoms with van der Waals surface area (Å²) in [6, 6.07) is 9.13. The fraction of sp³-hybridized carbons (Fsp3) is 0.536. The van der Waals surface area contributed by atoms with Crippen molar-refractivity contribution in [2.24, 2.45) is 0 Å². The maximum absolute atomic E-state index is 11.7. The molecule has 1 unspecified atom stereocenters. The van der Waals surface area contributed by atoms with Gasteiger partial charge in [-0.3, -0.25) is 9.69 Å². The molecular weight excluding hydrogens is 493 g/mol. The number of piperidine rings is 1. The third kappa shape index (κ3) is 5.77. The van der Waals surface area contributed by atoms with Crippen LogP contribution in [0.2, 0.25) is 5.02 Å². The fourth-order valence-electron chi connectivity index (χ4n) is 4.92. The molecule has 4 rings (SSSR count). The van der Waals surface area contributed by atoms with E-state index in [1.807, 2.05) is 63.8 Å². The van der Waals surface area contributed by atoms with Crippen LogP contribution in [-0.4, -0.2) is 54.0 Å². The van der Waals surface area contributed by atoms with Gasteiger partial charge in [0.15, 0.2) is 0 Å². The highest BCUT2D eigenvalue weighted by atomic mass is 35.5. The number of likely N-dealkylation sites (tertiary alicyclic amines) is 1. The predicted octanol–water partition coefficient (Wildman–Crippen LogP) is 4.97. The number of methoxy groups -OCH3 is 1. The van der Waals surface area contributed by atoms with Gasteiger partial charge < -0.3 is 23.9 Å². The summed E-state index contributed by atoms with van der Waals surface area (Å²) in [5.74, 6) is 0.343. The number of hydrogen-bond acceptors (Lipinski definition) is 6. The van der Waals surface area contributed by atoms with E-state index < -0.39 is 30.3 Å². The average Bonchev–Trinajstić information content (AvgIpc) is 3.06. The van der Waals surface area contributed by atoms with Crippen LogP contribution in [0, 0.1) is 6.92 Å². The van der Waals surface area contributed by atoms with E-state index in [0.717, 1.165) is 41.5 Å². The van der Waals surface area contributed by atoms with E-state index >= 15 is 0 Å². The summed E-state index contributed by atoms with van der Waals surface area (Å²) >= 11 is 6.62. The Labute approximate surface area is 225 Å². The Balaban J connectivity index is 1.50. The first-order valence-electron chi connectivity index (χ1n) is 12.8. The zero-order valence-corrected chi connectivity index (χ0v) is 23.4. The lowest BCUT2D eigenvalue weighted by atomic mass is 9.75. The molecule has 9 heteroatoms. The number of hydrogen-bond donors (Lipinski definition) is 1. The van der Waals surface area contributed by atoms with Crippen molar-refractivity contribution in [2.75, 3.05) is 13.7 Å². The molecule has 0 aliphatic carbocycles. The van der Waals surface area contributed by atoms with Crippen LogP contribution in [0.4, 0.5) is 0 Å². The van der Waals surface area contributed by atoms with Crippen molar-refractivity contribution in [3.63, 3.8) is 0 Å². The third-order valence-electron chi connectivity index (χ3n) is 7.99. The number of benzene rings is 2. The molecule has 37 heavy (non-hydrogen) atoms. The second kappa shape index (κ2) is 10.9. The molecule has 0 radical (unpaired) electrons. The van der Waals surface area contributed by atoms with E-state index in [2.05, 4.69) is 0 Å². The first-order valence-corrected chi connectivity index (χ1v) is 13.2.